The first-order valence-corrected chi connectivity index (χ1v) is 11.4. The first-order valence-electron chi connectivity index (χ1n) is 11.4. The molecule has 0 fully saturated rings. The van der Waals surface area contributed by atoms with E-state index in [1.54, 1.807) is 0 Å². The van der Waals surface area contributed by atoms with Gasteiger partial charge in [-0.25, -0.2) is 4.99 Å². The lowest BCUT2D eigenvalue weighted by Gasteiger charge is -2.40. The van der Waals surface area contributed by atoms with Gasteiger partial charge in [-0.05, 0) is 32.6 Å². The topological polar surface area (TPSA) is 32.6 Å². The van der Waals surface area contributed by atoms with Crippen molar-refractivity contribution in [1.29, 1.82) is 0 Å². The number of aliphatic hydroxyl groups is 1. The number of nitrogens with zero attached hydrogens (tertiary/aromatic N) is 2. The van der Waals surface area contributed by atoms with Crippen LogP contribution in [-0.4, -0.2) is 41.3 Å². The monoisotopic (exact) mass is 365 g/mol. The lowest BCUT2D eigenvalue weighted by Crippen LogP contribution is -2.57. The molecule has 1 N–H and O–H groups in total. The Kier molecular flexibility index (Phi) is 12.9. The molecule has 0 aromatic rings. The molecule has 0 radical (unpaired) electrons. The van der Waals surface area contributed by atoms with E-state index in [0.29, 0.717) is 0 Å². The Balaban J connectivity index is 1.99. The first kappa shape index (κ1) is 23.4. The second-order valence-electron chi connectivity index (χ2n) is 8.07. The highest BCUT2D eigenvalue weighted by Gasteiger charge is 2.41. The molecule has 0 amide bonds. The molecule has 1 rings (SSSR count). The number of quaternary nitrogens is 1. The second-order valence-corrected chi connectivity index (χ2v) is 8.07. The highest BCUT2D eigenvalue weighted by atomic mass is 16.3. The molecule has 0 aliphatic carbocycles. The summed E-state index contributed by atoms with van der Waals surface area (Å²) in [6.45, 7) is 8.20. The highest BCUT2D eigenvalue weighted by molar-refractivity contribution is 5.60. The van der Waals surface area contributed by atoms with Crippen LogP contribution in [0.1, 0.15) is 104 Å². The van der Waals surface area contributed by atoms with Crippen LogP contribution in [0.3, 0.4) is 0 Å². The number of unbranched alkanes of at least 4 members (excludes halogenated alkanes) is 10. The summed E-state index contributed by atoms with van der Waals surface area (Å²) in [5.41, 5.74) is 0. The van der Waals surface area contributed by atoms with Crippen molar-refractivity contribution in [1.82, 2.24) is 0 Å². The zero-order valence-corrected chi connectivity index (χ0v) is 17.8. The predicted molar refractivity (Wildman–Crippen MR) is 114 cm³/mol. The number of rotatable bonds is 16. The van der Waals surface area contributed by atoms with E-state index in [-0.39, 0.29) is 12.4 Å². The van der Waals surface area contributed by atoms with Gasteiger partial charge < -0.3 is 5.11 Å². The molecule has 3 heteroatoms. The summed E-state index contributed by atoms with van der Waals surface area (Å²) in [6.07, 6.45) is 23.9. The van der Waals surface area contributed by atoms with Crippen LogP contribution in [0.15, 0.2) is 17.1 Å². The first-order chi connectivity index (χ1) is 12.7. The standard InChI is InChI=1S/C23H45N2O/c1-4-6-7-8-9-10-11-12-13-14-15-16-17-18-19-23-24-20-21-25(23,5-2)22(3)26/h15-16,20,22-23,26H,4-14,17-19,21H2,1-3H3/q+1/b16-15+. The van der Waals surface area contributed by atoms with Crippen molar-refractivity contribution in [2.24, 2.45) is 4.99 Å². The summed E-state index contributed by atoms with van der Waals surface area (Å²) in [6, 6.07) is 0. The third-order valence-corrected chi connectivity index (χ3v) is 6.10. The van der Waals surface area contributed by atoms with Crippen molar-refractivity contribution in [2.45, 2.75) is 117 Å². The van der Waals surface area contributed by atoms with Crippen LogP contribution in [0.4, 0.5) is 0 Å². The average Bonchev–Trinajstić information content (AvgIpc) is 3.06. The van der Waals surface area contributed by atoms with Crippen LogP contribution < -0.4 is 0 Å². The van der Waals surface area contributed by atoms with Crippen molar-refractivity contribution >= 4 is 6.21 Å². The zero-order chi connectivity index (χ0) is 19.1. The minimum absolute atomic E-state index is 0.255. The summed E-state index contributed by atoms with van der Waals surface area (Å²) >= 11 is 0. The summed E-state index contributed by atoms with van der Waals surface area (Å²) in [4.78, 5) is 4.64. The minimum Gasteiger partial charge on any atom is -0.345 e. The van der Waals surface area contributed by atoms with Crippen LogP contribution in [0.2, 0.25) is 0 Å². The average molecular weight is 366 g/mol. The van der Waals surface area contributed by atoms with Crippen molar-refractivity contribution < 1.29 is 9.59 Å². The Morgan fingerprint density at radius 1 is 0.962 bits per heavy atom. The molecule has 1 aliphatic heterocycles. The van der Waals surface area contributed by atoms with Gasteiger partial charge in [0.2, 0.25) is 0 Å². The van der Waals surface area contributed by atoms with Crippen LogP contribution >= 0.6 is 0 Å². The fourth-order valence-corrected chi connectivity index (χ4v) is 4.14. The van der Waals surface area contributed by atoms with E-state index in [1.165, 1.54) is 70.6 Å². The molecule has 152 valence electrons. The largest absolute Gasteiger partial charge is 0.345 e. The number of aliphatic hydroxyl groups excluding tert-OH is 1. The third-order valence-electron chi connectivity index (χ3n) is 6.10. The van der Waals surface area contributed by atoms with Crippen molar-refractivity contribution in [3.63, 3.8) is 0 Å². The van der Waals surface area contributed by atoms with Crippen LogP contribution in [0, 0.1) is 0 Å². The van der Waals surface area contributed by atoms with Gasteiger partial charge in [-0.3, -0.25) is 4.48 Å². The number of aliphatic imine (C=N–C) groups is 1. The Labute approximate surface area is 163 Å². The van der Waals surface area contributed by atoms with Gasteiger partial charge >= 0.3 is 0 Å². The van der Waals surface area contributed by atoms with E-state index in [1.807, 2.05) is 13.1 Å². The maximum absolute atomic E-state index is 10.2. The van der Waals surface area contributed by atoms with E-state index < -0.39 is 0 Å². The Hall–Kier alpha value is -0.670. The van der Waals surface area contributed by atoms with Crippen LogP contribution in [-0.2, 0) is 0 Å². The van der Waals surface area contributed by atoms with E-state index in [9.17, 15) is 5.11 Å². The zero-order valence-electron chi connectivity index (χ0n) is 17.8. The summed E-state index contributed by atoms with van der Waals surface area (Å²) in [7, 11) is 0. The molecular formula is C23H45N2O+. The molecule has 3 nitrogen and oxygen atoms in total. The SMILES string of the molecule is CCCCCCCCCCC/C=C/CCCC1N=CC[N+]1(CC)C(C)O. The van der Waals surface area contributed by atoms with E-state index in [2.05, 4.69) is 31.0 Å². The number of allylic oxidation sites excluding steroid dienone is 2. The Bertz CT molecular complexity index is 392. The molecule has 0 aromatic heterocycles. The number of hydrogen-bond donors (Lipinski definition) is 1. The smallest absolute Gasteiger partial charge is 0.189 e. The number of hydrogen-bond acceptors (Lipinski definition) is 2. The van der Waals surface area contributed by atoms with Gasteiger partial charge in [-0.15, -0.1) is 0 Å². The van der Waals surface area contributed by atoms with Crippen molar-refractivity contribution in [3.05, 3.63) is 12.2 Å². The molecule has 1 aliphatic rings. The van der Waals surface area contributed by atoms with Crippen molar-refractivity contribution in [3.8, 4) is 0 Å². The molecule has 3 unspecified atom stereocenters. The van der Waals surface area contributed by atoms with Crippen LogP contribution in [0.5, 0.6) is 0 Å². The van der Waals surface area contributed by atoms with Gasteiger partial charge in [0.15, 0.2) is 12.4 Å². The molecular weight excluding hydrogens is 320 g/mol. The van der Waals surface area contributed by atoms with Gasteiger partial charge in [0.25, 0.3) is 0 Å². The molecule has 0 saturated heterocycles. The molecule has 1 heterocycles. The van der Waals surface area contributed by atoms with E-state index in [0.717, 1.165) is 30.4 Å². The van der Waals surface area contributed by atoms with E-state index in [4.69, 9.17) is 0 Å². The second kappa shape index (κ2) is 14.4. The van der Waals surface area contributed by atoms with Gasteiger partial charge in [-0.1, -0.05) is 70.4 Å². The van der Waals surface area contributed by atoms with Crippen LogP contribution in [0.25, 0.3) is 0 Å². The fraction of sp³-hybridized carbons (Fsp3) is 0.870. The maximum Gasteiger partial charge on any atom is 0.189 e. The van der Waals surface area contributed by atoms with Gasteiger partial charge in [0, 0.05) is 13.3 Å². The lowest BCUT2D eigenvalue weighted by molar-refractivity contribution is -0.976. The third kappa shape index (κ3) is 8.35. The summed E-state index contributed by atoms with van der Waals surface area (Å²) < 4.78 is 0.724. The van der Waals surface area contributed by atoms with E-state index >= 15 is 0 Å². The quantitative estimate of drug-likeness (QED) is 0.196. The van der Waals surface area contributed by atoms with Crippen molar-refractivity contribution in [2.75, 3.05) is 13.1 Å². The minimum atomic E-state index is -0.324. The molecule has 26 heavy (non-hydrogen) atoms. The normalized spacial score (nSPS) is 23.9. The van der Waals surface area contributed by atoms with Gasteiger partial charge in [0.05, 0.1) is 12.8 Å². The highest BCUT2D eigenvalue weighted by Crippen LogP contribution is 2.26. The molecule has 0 bridgehead atoms. The maximum atomic E-state index is 10.2. The molecule has 0 saturated carbocycles. The lowest BCUT2D eigenvalue weighted by atomic mass is 10.1. The molecule has 3 atom stereocenters. The predicted octanol–water partition coefficient (Wildman–Crippen LogP) is 6.22. The molecule has 0 spiro atoms. The summed E-state index contributed by atoms with van der Waals surface area (Å²) in [5.74, 6) is 0. The van der Waals surface area contributed by atoms with Gasteiger partial charge in [-0.2, -0.15) is 0 Å². The Morgan fingerprint density at radius 2 is 1.54 bits per heavy atom. The van der Waals surface area contributed by atoms with Gasteiger partial charge in [0.1, 0.15) is 6.54 Å². The summed E-state index contributed by atoms with van der Waals surface area (Å²) in [5, 5.41) is 10.2. The fourth-order valence-electron chi connectivity index (χ4n) is 4.14. The molecule has 0 aromatic carbocycles. The Morgan fingerprint density at radius 3 is 2.12 bits per heavy atom.